The molecule has 5 heteroatoms. The number of carbonyl (C=O) groups excluding carboxylic acids is 1. The SMILES string of the molecule is O=C[C@H](Cc1ccc(O)cc1)N(O)O. The zero-order chi connectivity index (χ0) is 10.6. The van der Waals surface area contributed by atoms with E-state index in [-0.39, 0.29) is 17.4 Å². The molecule has 76 valence electrons. The lowest BCUT2D eigenvalue weighted by atomic mass is 10.1. The average Bonchev–Trinajstić information content (AvgIpc) is 2.16. The third-order valence-corrected chi connectivity index (χ3v) is 1.83. The molecule has 0 bridgehead atoms. The first-order valence-corrected chi connectivity index (χ1v) is 4.03. The maximum atomic E-state index is 10.4. The smallest absolute Gasteiger partial charge is 0.142 e. The number of nitrogens with zero attached hydrogens (tertiary/aromatic N) is 1. The number of aldehydes is 1. The van der Waals surface area contributed by atoms with E-state index in [1.54, 1.807) is 12.1 Å². The predicted octanol–water partition coefficient (Wildman–Crippen LogP) is 0.583. The van der Waals surface area contributed by atoms with Crippen LogP contribution in [0.4, 0.5) is 0 Å². The van der Waals surface area contributed by atoms with Crippen molar-refractivity contribution in [1.29, 1.82) is 0 Å². The summed E-state index contributed by atoms with van der Waals surface area (Å²) in [6, 6.07) is 5.16. The van der Waals surface area contributed by atoms with Gasteiger partial charge in [0.25, 0.3) is 0 Å². The molecule has 0 radical (unpaired) electrons. The summed E-state index contributed by atoms with van der Waals surface area (Å²) in [6.45, 7) is 0. The van der Waals surface area contributed by atoms with Crippen LogP contribution < -0.4 is 0 Å². The van der Waals surface area contributed by atoms with Gasteiger partial charge < -0.3 is 9.90 Å². The molecule has 3 N–H and O–H groups in total. The number of hydrogen-bond donors (Lipinski definition) is 3. The van der Waals surface area contributed by atoms with Gasteiger partial charge in [-0.25, -0.2) is 0 Å². The van der Waals surface area contributed by atoms with E-state index < -0.39 is 6.04 Å². The Labute approximate surface area is 80.7 Å². The maximum absolute atomic E-state index is 10.4. The highest BCUT2D eigenvalue weighted by atomic mass is 16.8. The van der Waals surface area contributed by atoms with Gasteiger partial charge in [-0.15, -0.1) is 0 Å². The van der Waals surface area contributed by atoms with E-state index in [2.05, 4.69) is 0 Å². The average molecular weight is 197 g/mol. The molecule has 14 heavy (non-hydrogen) atoms. The fourth-order valence-corrected chi connectivity index (χ4v) is 1.06. The molecule has 0 aliphatic carbocycles. The van der Waals surface area contributed by atoms with E-state index >= 15 is 0 Å². The van der Waals surface area contributed by atoms with Crippen molar-refractivity contribution < 1.29 is 20.3 Å². The Morgan fingerprint density at radius 3 is 2.29 bits per heavy atom. The minimum Gasteiger partial charge on any atom is -0.508 e. The molecular formula is C9H11NO4. The fraction of sp³-hybridized carbons (Fsp3) is 0.222. The van der Waals surface area contributed by atoms with Crippen molar-refractivity contribution in [3.63, 3.8) is 0 Å². The highest BCUT2D eigenvalue weighted by Gasteiger charge is 2.13. The van der Waals surface area contributed by atoms with Crippen molar-refractivity contribution in [2.45, 2.75) is 12.5 Å². The van der Waals surface area contributed by atoms with Crippen LogP contribution in [-0.2, 0) is 11.2 Å². The summed E-state index contributed by atoms with van der Waals surface area (Å²) in [6.07, 6.45) is 0.615. The second kappa shape index (κ2) is 4.71. The molecule has 1 rings (SSSR count). The van der Waals surface area contributed by atoms with E-state index in [1.807, 2.05) is 0 Å². The molecule has 0 unspecified atom stereocenters. The standard InChI is InChI=1S/C9H11NO4/c11-6-8(10(13)14)5-7-1-3-9(12)4-2-7/h1-4,6,8,12-14H,5H2/t8-/m0/s1. The second-order valence-corrected chi connectivity index (χ2v) is 2.89. The van der Waals surface area contributed by atoms with Gasteiger partial charge in [0.1, 0.15) is 18.1 Å². The number of hydroxylamine groups is 2. The van der Waals surface area contributed by atoms with Crippen LogP contribution in [0.15, 0.2) is 24.3 Å². The first-order valence-electron chi connectivity index (χ1n) is 4.03. The number of benzene rings is 1. The molecule has 1 atom stereocenters. The Balaban J connectivity index is 2.67. The first kappa shape index (κ1) is 10.6. The van der Waals surface area contributed by atoms with Crippen molar-refractivity contribution in [3.05, 3.63) is 29.8 Å². The van der Waals surface area contributed by atoms with Crippen molar-refractivity contribution in [2.24, 2.45) is 0 Å². The third-order valence-electron chi connectivity index (χ3n) is 1.83. The van der Waals surface area contributed by atoms with Crippen molar-refractivity contribution in [1.82, 2.24) is 5.23 Å². The molecule has 1 aromatic rings. The lowest BCUT2D eigenvalue weighted by molar-refractivity contribution is -0.322. The molecule has 5 nitrogen and oxygen atoms in total. The number of hydrogen-bond acceptors (Lipinski definition) is 5. The molecule has 0 amide bonds. The second-order valence-electron chi connectivity index (χ2n) is 2.89. The van der Waals surface area contributed by atoms with Crippen LogP contribution >= 0.6 is 0 Å². The van der Waals surface area contributed by atoms with E-state index in [4.69, 9.17) is 15.5 Å². The van der Waals surface area contributed by atoms with Crippen LogP contribution in [0.25, 0.3) is 0 Å². The Hall–Kier alpha value is -1.43. The molecular weight excluding hydrogens is 186 g/mol. The van der Waals surface area contributed by atoms with Crippen molar-refractivity contribution in [2.75, 3.05) is 0 Å². The number of rotatable bonds is 4. The van der Waals surface area contributed by atoms with Gasteiger partial charge in [0, 0.05) is 0 Å². The minimum atomic E-state index is -0.987. The van der Waals surface area contributed by atoms with Crippen LogP contribution in [0, 0.1) is 0 Å². The fourth-order valence-electron chi connectivity index (χ4n) is 1.06. The van der Waals surface area contributed by atoms with E-state index in [0.29, 0.717) is 6.29 Å². The summed E-state index contributed by atoms with van der Waals surface area (Å²) in [5.41, 5.74) is 0.730. The van der Waals surface area contributed by atoms with E-state index in [0.717, 1.165) is 5.56 Å². The zero-order valence-electron chi connectivity index (χ0n) is 7.37. The summed E-state index contributed by atoms with van der Waals surface area (Å²) >= 11 is 0. The molecule has 1 aromatic carbocycles. The molecule has 0 aliphatic heterocycles. The van der Waals surface area contributed by atoms with Gasteiger partial charge in [-0.2, -0.15) is 0 Å². The summed E-state index contributed by atoms with van der Waals surface area (Å²) in [5.74, 6) is 0.126. The lowest BCUT2D eigenvalue weighted by Crippen LogP contribution is -2.32. The summed E-state index contributed by atoms with van der Waals surface area (Å²) in [7, 11) is 0. The summed E-state index contributed by atoms with van der Waals surface area (Å²) in [5, 5.41) is 26.1. The molecule has 0 spiro atoms. The van der Waals surface area contributed by atoms with Crippen molar-refractivity contribution >= 4 is 6.29 Å². The normalized spacial score (nSPS) is 12.8. The highest BCUT2D eigenvalue weighted by Crippen LogP contribution is 2.11. The Morgan fingerprint density at radius 1 is 1.29 bits per heavy atom. The number of phenolic OH excluding ortho intramolecular Hbond substituents is 1. The monoisotopic (exact) mass is 197 g/mol. The van der Waals surface area contributed by atoms with Gasteiger partial charge in [-0.3, -0.25) is 10.4 Å². The molecule has 0 saturated heterocycles. The zero-order valence-corrected chi connectivity index (χ0v) is 7.37. The van der Waals surface area contributed by atoms with Gasteiger partial charge in [0.15, 0.2) is 0 Å². The number of phenols is 1. The largest absolute Gasteiger partial charge is 0.508 e. The Morgan fingerprint density at radius 2 is 1.86 bits per heavy atom. The van der Waals surface area contributed by atoms with Crippen molar-refractivity contribution in [3.8, 4) is 5.75 Å². The minimum absolute atomic E-state index is 0.125. The van der Waals surface area contributed by atoms with Crippen LogP contribution in [0.5, 0.6) is 5.75 Å². The van der Waals surface area contributed by atoms with Gasteiger partial charge in [0.2, 0.25) is 0 Å². The molecule has 0 heterocycles. The van der Waals surface area contributed by atoms with Gasteiger partial charge in [-0.05, 0) is 24.1 Å². The van der Waals surface area contributed by atoms with E-state index in [9.17, 15) is 4.79 Å². The summed E-state index contributed by atoms with van der Waals surface area (Å²) < 4.78 is 0. The van der Waals surface area contributed by atoms with Crippen LogP contribution in [-0.4, -0.2) is 33.1 Å². The van der Waals surface area contributed by atoms with E-state index in [1.165, 1.54) is 12.1 Å². The Bertz CT molecular complexity index is 296. The third kappa shape index (κ3) is 2.81. The van der Waals surface area contributed by atoms with Gasteiger partial charge >= 0.3 is 0 Å². The summed E-state index contributed by atoms with van der Waals surface area (Å²) in [4.78, 5) is 10.4. The molecule has 0 aromatic heterocycles. The molecule has 0 aliphatic rings. The lowest BCUT2D eigenvalue weighted by Gasteiger charge is -2.14. The Kier molecular flexibility index (Phi) is 3.58. The van der Waals surface area contributed by atoms with Crippen LogP contribution in [0.1, 0.15) is 5.56 Å². The molecule has 0 saturated carbocycles. The molecule has 0 fully saturated rings. The maximum Gasteiger partial charge on any atom is 0.142 e. The quantitative estimate of drug-likeness (QED) is 0.486. The van der Waals surface area contributed by atoms with Crippen LogP contribution in [0.3, 0.4) is 0 Å². The van der Waals surface area contributed by atoms with Gasteiger partial charge in [-0.1, -0.05) is 17.4 Å². The predicted molar refractivity (Wildman–Crippen MR) is 47.1 cm³/mol. The topological polar surface area (TPSA) is 81.0 Å². The van der Waals surface area contributed by atoms with Crippen LogP contribution in [0.2, 0.25) is 0 Å². The number of aromatic hydroxyl groups is 1. The number of carbonyl (C=O) groups is 1. The first-order chi connectivity index (χ1) is 6.63. The van der Waals surface area contributed by atoms with Gasteiger partial charge in [0.05, 0.1) is 0 Å². The highest BCUT2D eigenvalue weighted by molar-refractivity contribution is 5.57.